The molecule has 0 aromatic rings. The predicted molar refractivity (Wildman–Crippen MR) is 74.6 cm³/mol. The minimum atomic E-state index is -0.611. The SMILES string of the molecule is COC1=N[C@]2(CC=C[C@@H](O)C2)C(OC)=N[C@@H]1C(C)C. The van der Waals surface area contributed by atoms with Crippen LogP contribution in [0.4, 0.5) is 0 Å². The second-order valence-corrected chi connectivity index (χ2v) is 5.42. The highest BCUT2D eigenvalue weighted by Crippen LogP contribution is 2.34. The second kappa shape index (κ2) is 5.33. The first-order valence-electron chi connectivity index (χ1n) is 6.63. The fraction of sp³-hybridized carbons (Fsp3) is 0.714. The summed E-state index contributed by atoms with van der Waals surface area (Å²) in [7, 11) is 3.22. The summed E-state index contributed by atoms with van der Waals surface area (Å²) in [5.41, 5.74) is -0.611. The van der Waals surface area contributed by atoms with Crippen molar-refractivity contribution in [2.24, 2.45) is 15.9 Å². The van der Waals surface area contributed by atoms with Crippen molar-refractivity contribution in [3.63, 3.8) is 0 Å². The minimum absolute atomic E-state index is 0.117. The summed E-state index contributed by atoms with van der Waals surface area (Å²) in [6.45, 7) is 4.15. The molecule has 0 unspecified atom stereocenters. The Kier molecular flexibility index (Phi) is 3.94. The van der Waals surface area contributed by atoms with Gasteiger partial charge in [-0.2, -0.15) is 0 Å². The van der Waals surface area contributed by atoms with Crippen molar-refractivity contribution in [3.8, 4) is 0 Å². The number of rotatable bonds is 1. The lowest BCUT2D eigenvalue weighted by atomic mass is 9.83. The molecule has 2 rings (SSSR count). The van der Waals surface area contributed by atoms with Gasteiger partial charge in [-0.25, -0.2) is 9.98 Å². The molecule has 0 amide bonds. The van der Waals surface area contributed by atoms with E-state index < -0.39 is 11.6 Å². The van der Waals surface area contributed by atoms with Crippen LogP contribution in [0.5, 0.6) is 0 Å². The first-order valence-corrected chi connectivity index (χ1v) is 6.63. The van der Waals surface area contributed by atoms with Crippen LogP contribution < -0.4 is 0 Å². The van der Waals surface area contributed by atoms with Gasteiger partial charge in [-0.3, -0.25) is 0 Å². The van der Waals surface area contributed by atoms with Crippen LogP contribution in [0.25, 0.3) is 0 Å². The molecular weight excluding hydrogens is 244 g/mol. The first kappa shape index (κ1) is 14.1. The molecule has 0 saturated heterocycles. The van der Waals surface area contributed by atoms with E-state index >= 15 is 0 Å². The molecule has 0 fully saturated rings. The van der Waals surface area contributed by atoms with Crippen molar-refractivity contribution >= 4 is 11.8 Å². The van der Waals surface area contributed by atoms with Crippen molar-refractivity contribution < 1.29 is 14.6 Å². The highest BCUT2D eigenvalue weighted by molar-refractivity contribution is 5.97. The Bertz CT molecular complexity index is 428. The zero-order valence-electron chi connectivity index (χ0n) is 12.0. The van der Waals surface area contributed by atoms with Gasteiger partial charge >= 0.3 is 0 Å². The number of aliphatic imine (C=N–C) groups is 2. The van der Waals surface area contributed by atoms with Gasteiger partial charge in [0.05, 0.1) is 20.3 Å². The molecule has 0 aromatic carbocycles. The topological polar surface area (TPSA) is 63.4 Å². The maximum Gasteiger partial charge on any atom is 0.213 e. The van der Waals surface area contributed by atoms with Crippen LogP contribution in [-0.2, 0) is 9.47 Å². The average Bonchev–Trinajstić information content (AvgIpc) is 2.37. The lowest BCUT2D eigenvalue weighted by Crippen LogP contribution is -2.49. The fourth-order valence-corrected chi connectivity index (χ4v) is 2.65. The Hall–Kier alpha value is -1.36. The molecule has 106 valence electrons. The van der Waals surface area contributed by atoms with E-state index in [0.717, 1.165) is 0 Å². The molecule has 1 heterocycles. The van der Waals surface area contributed by atoms with Crippen LogP contribution in [0.2, 0.25) is 0 Å². The molecule has 1 aliphatic heterocycles. The third-order valence-electron chi connectivity index (χ3n) is 3.63. The Labute approximate surface area is 114 Å². The van der Waals surface area contributed by atoms with E-state index in [1.54, 1.807) is 20.3 Å². The summed E-state index contributed by atoms with van der Waals surface area (Å²) < 4.78 is 10.9. The molecule has 0 aromatic heterocycles. The molecule has 0 bridgehead atoms. The molecule has 5 nitrogen and oxygen atoms in total. The molecule has 1 spiro atoms. The Balaban J connectivity index is 2.41. The van der Waals surface area contributed by atoms with Crippen molar-refractivity contribution in [1.82, 2.24) is 0 Å². The molecule has 0 saturated carbocycles. The van der Waals surface area contributed by atoms with Crippen molar-refractivity contribution in [3.05, 3.63) is 12.2 Å². The van der Waals surface area contributed by atoms with Gasteiger partial charge in [0.2, 0.25) is 11.8 Å². The van der Waals surface area contributed by atoms with Crippen LogP contribution in [0.3, 0.4) is 0 Å². The van der Waals surface area contributed by atoms with Crippen LogP contribution >= 0.6 is 0 Å². The maximum atomic E-state index is 9.87. The average molecular weight is 266 g/mol. The monoisotopic (exact) mass is 266 g/mol. The van der Waals surface area contributed by atoms with Gasteiger partial charge in [0.1, 0.15) is 11.6 Å². The van der Waals surface area contributed by atoms with E-state index in [1.165, 1.54) is 0 Å². The zero-order chi connectivity index (χ0) is 14.0. The molecular formula is C14H22N2O3. The lowest BCUT2D eigenvalue weighted by molar-refractivity contribution is 0.171. The smallest absolute Gasteiger partial charge is 0.213 e. The van der Waals surface area contributed by atoms with Crippen LogP contribution in [0.1, 0.15) is 26.7 Å². The van der Waals surface area contributed by atoms with Crippen molar-refractivity contribution in [2.45, 2.75) is 44.4 Å². The van der Waals surface area contributed by atoms with Crippen molar-refractivity contribution in [2.75, 3.05) is 14.2 Å². The van der Waals surface area contributed by atoms with Gasteiger partial charge in [-0.1, -0.05) is 26.0 Å². The number of nitrogens with zero attached hydrogens (tertiary/aromatic N) is 2. The number of ether oxygens (including phenoxy) is 2. The van der Waals surface area contributed by atoms with Gasteiger partial charge < -0.3 is 14.6 Å². The Morgan fingerprint density at radius 3 is 2.63 bits per heavy atom. The summed E-state index contributed by atoms with van der Waals surface area (Å²) in [4.78, 5) is 9.38. The summed E-state index contributed by atoms with van der Waals surface area (Å²) >= 11 is 0. The third kappa shape index (κ3) is 2.52. The van der Waals surface area contributed by atoms with E-state index in [2.05, 4.69) is 18.8 Å². The largest absolute Gasteiger partial charge is 0.483 e. The van der Waals surface area contributed by atoms with Gasteiger partial charge in [0.25, 0.3) is 0 Å². The number of aliphatic hydroxyl groups excluding tert-OH is 1. The fourth-order valence-electron chi connectivity index (χ4n) is 2.65. The van der Waals surface area contributed by atoms with Crippen LogP contribution in [-0.4, -0.2) is 48.8 Å². The maximum absolute atomic E-state index is 9.87. The second-order valence-electron chi connectivity index (χ2n) is 5.42. The van der Waals surface area contributed by atoms with E-state index in [-0.39, 0.29) is 12.0 Å². The lowest BCUT2D eigenvalue weighted by Gasteiger charge is -2.38. The summed E-state index contributed by atoms with van der Waals surface area (Å²) in [6.07, 6.45) is 4.35. The molecule has 19 heavy (non-hydrogen) atoms. The standard InChI is InChI=1S/C14H22N2O3/c1-9(2)11-12(18-3)16-14(13(15-11)19-4)7-5-6-10(17)8-14/h5-6,9-11,17H,7-8H2,1-4H3/t10-,11-,14+/m1/s1. The van der Waals surface area contributed by atoms with E-state index in [9.17, 15) is 5.11 Å². The molecule has 2 aliphatic rings. The normalized spacial score (nSPS) is 34.2. The number of hydrogen-bond acceptors (Lipinski definition) is 5. The minimum Gasteiger partial charge on any atom is -0.483 e. The van der Waals surface area contributed by atoms with E-state index in [1.807, 2.05) is 6.08 Å². The highest BCUT2D eigenvalue weighted by atomic mass is 16.5. The van der Waals surface area contributed by atoms with Crippen LogP contribution in [0, 0.1) is 5.92 Å². The molecule has 5 heteroatoms. The quantitative estimate of drug-likeness (QED) is 0.733. The Morgan fingerprint density at radius 1 is 1.37 bits per heavy atom. The number of hydrogen-bond donors (Lipinski definition) is 1. The third-order valence-corrected chi connectivity index (χ3v) is 3.63. The zero-order valence-corrected chi connectivity index (χ0v) is 12.0. The number of aliphatic hydroxyl groups is 1. The summed E-state index contributed by atoms with van der Waals surface area (Å²) in [5.74, 6) is 1.50. The van der Waals surface area contributed by atoms with Crippen LogP contribution in [0.15, 0.2) is 22.1 Å². The van der Waals surface area contributed by atoms with E-state index in [0.29, 0.717) is 24.6 Å². The summed E-state index contributed by atoms with van der Waals surface area (Å²) in [5, 5.41) is 9.87. The highest BCUT2D eigenvalue weighted by Gasteiger charge is 2.45. The van der Waals surface area contributed by atoms with E-state index in [4.69, 9.17) is 14.5 Å². The molecule has 1 N–H and O–H groups in total. The molecule has 3 atom stereocenters. The molecule has 0 radical (unpaired) electrons. The van der Waals surface area contributed by atoms with Gasteiger partial charge in [-0.15, -0.1) is 0 Å². The Morgan fingerprint density at radius 2 is 2.11 bits per heavy atom. The predicted octanol–water partition coefficient (Wildman–Crippen LogP) is 1.56. The van der Waals surface area contributed by atoms with Gasteiger partial charge in [-0.05, 0) is 12.3 Å². The van der Waals surface area contributed by atoms with Gasteiger partial charge in [0, 0.05) is 6.42 Å². The first-order chi connectivity index (χ1) is 9.02. The number of methoxy groups -OCH3 is 2. The molecule has 1 aliphatic carbocycles. The van der Waals surface area contributed by atoms with Crippen molar-refractivity contribution in [1.29, 1.82) is 0 Å². The van der Waals surface area contributed by atoms with Gasteiger partial charge in [0.15, 0.2) is 0 Å². The summed E-state index contributed by atoms with van der Waals surface area (Å²) in [6, 6.07) is -0.117.